The number of rotatable bonds is 3. The van der Waals surface area contributed by atoms with E-state index in [1.807, 2.05) is 0 Å². The molecule has 1 N–H and O–H groups in total. The molecule has 130 valence electrons. The van der Waals surface area contributed by atoms with Gasteiger partial charge in [-0.2, -0.15) is 0 Å². The van der Waals surface area contributed by atoms with Crippen molar-refractivity contribution in [1.82, 2.24) is 9.38 Å². The summed E-state index contributed by atoms with van der Waals surface area (Å²) in [4.78, 5) is 17.5. The number of carbonyl (C=O) groups excluding carboxylic acids is 1. The third-order valence-corrected chi connectivity index (χ3v) is 4.56. The van der Waals surface area contributed by atoms with Crippen LogP contribution in [0.15, 0.2) is 54.0 Å². The van der Waals surface area contributed by atoms with Gasteiger partial charge >= 0.3 is 0 Å². The molecule has 2 heterocycles. The summed E-state index contributed by atoms with van der Waals surface area (Å²) in [5, 5.41) is 4.29. The Balaban J connectivity index is 1.81. The van der Waals surface area contributed by atoms with Gasteiger partial charge in [-0.15, -0.1) is 11.3 Å². The van der Waals surface area contributed by atoms with Crippen molar-refractivity contribution in [1.29, 1.82) is 0 Å². The first kappa shape index (κ1) is 16.3. The van der Waals surface area contributed by atoms with E-state index in [4.69, 9.17) is 0 Å². The van der Waals surface area contributed by atoms with Crippen LogP contribution in [0.25, 0.3) is 16.2 Å². The van der Waals surface area contributed by atoms with E-state index in [0.717, 1.165) is 12.1 Å². The molecule has 0 radical (unpaired) electrons. The molecular formula is C18H10F3N3OS. The zero-order valence-electron chi connectivity index (χ0n) is 13.0. The topological polar surface area (TPSA) is 46.4 Å². The van der Waals surface area contributed by atoms with Crippen LogP contribution in [0.2, 0.25) is 0 Å². The second-order valence-corrected chi connectivity index (χ2v) is 6.30. The number of imidazole rings is 1. The van der Waals surface area contributed by atoms with Crippen molar-refractivity contribution in [2.45, 2.75) is 0 Å². The van der Waals surface area contributed by atoms with Crippen molar-refractivity contribution >= 4 is 28.0 Å². The van der Waals surface area contributed by atoms with Gasteiger partial charge in [-0.05, 0) is 36.4 Å². The zero-order valence-corrected chi connectivity index (χ0v) is 13.9. The van der Waals surface area contributed by atoms with Gasteiger partial charge in [-0.3, -0.25) is 9.20 Å². The maximum absolute atomic E-state index is 13.9. The van der Waals surface area contributed by atoms with E-state index in [1.54, 1.807) is 16.0 Å². The number of thiazole rings is 1. The second kappa shape index (κ2) is 6.30. The minimum atomic E-state index is -0.961. The van der Waals surface area contributed by atoms with Crippen molar-refractivity contribution in [3.8, 4) is 11.3 Å². The predicted octanol–water partition coefficient (Wildman–Crippen LogP) is 4.73. The highest BCUT2D eigenvalue weighted by Gasteiger charge is 2.22. The van der Waals surface area contributed by atoms with E-state index in [2.05, 4.69) is 10.3 Å². The van der Waals surface area contributed by atoms with Crippen LogP contribution in [-0.2, 0) is 0 Å². The molecule has 4 aromatic rings. The minimum absolute atomic E-state index is 0.250. The molecule has 0 saturated heterocycles. The first-order valence-electron chi connectivity index (χ1n) is 7.51. The van der Waals surface area contributed by atoms with Gasteiger partial charge in [-0.1, -0.05) is 6.07 Å². The summed E-state index contributed by atoms with van der Waals surface area (Å²) in [6.07, 6.45) is 1.67. The molecule has 0 spiro atoms. The fourth-order valence-corrected chi connectivity index (χ4v) is 3.31. The van der Waals surface area contributed by atoms with Gasteiger partial charge in [0.05, 0.1) is 0 Å². The van der Waals surface area contributed by atoms with E-state index in [1.165, 1.54) is 41.7 Å². The third kappa shape index (κ3) is 2.74. The number of anilines is 1. The largest absolute Gasteiger partial charge is 0.306 e. The summed E-state index contributed by atoms with van der Waals surface area (Å²) in [5.74, 6) is -3.01. The lowest BCUT2D eigenvalue weighted by Gasteiger charge is -2.08. The van der Waals surface area contributed by atoms with Crippen LogP contribution in [-0.4, -0.2) is 15.3 Å². The molecule has 8 heteroatoms. The molecule has 2 aromatic heterocycles. The summed E-state index contributed by atoms with van der Waals surface area (Å²) in [5.41, 5.74) is 0.260. The molecule has 0 aliphatic rings. The average molecular weight is 373 g/mol. The summed E-state index contributed by atoms with van der Waals surface area (Å²) < 4.78 is 42.6. The summed E-state index contributed by atoms with van der Waals surface area (Å²) in [6.45, 7) is 0. The highest BCUT2D eigenvalue weighted by molar-refractivity contribution is 7.15. The maximum Gasteiger partial charge on any atom is 0.262 e. The van der Waals surface area contributed by atoms with Crippen LogP contribution in [0.1, 0.15) is 10.4 Å². The van der Waals surface area contributed by atoms with Crippen molar-refractivity contribution in [2.75, 3.05) is 5.32 Å². The standard InChI is InChI=1S/C18H10F3N3OS/c19-11-6-4-10(5-7-11)15-16(24-8-9-26-18(24)22-15)23-17(25)14-12(20)2-1-3-13(14)21/h1-9H,(H,23,25). The van der Waals surface area contributed by atoms with Gasteiger partial charge < -0.3 is 5.32 Å². The number of amides is 1. The molecule has 0 aliphatic carbocycles. The Hall–Kier alpha value is -3.13. The van der Waals surface area contributed by atoms with Crippen LogP contribution in [0.3, 0.4) is 0 Å². The lowest BCUT2D eigenvalue weighted by molar-refractivity contribution is 0.101. The van der Waals surface area contributed by atoms with Crippen LogP contribution in [0.4, 0.5) is 19.0 Å². The molecule has 2 aromatic carbocycles. The normalized spacial score (nSPS) is 11.0. The molecule has 0 saturated carbocycles. The van der Waals surface area contributed by atoms with Gasteiger partial charge in [0.25, 0.3) is 5.91 Å². The van der Waals surface area contributed by atoms with E-state index >= 15 is 0 Å². The SMILES string of the molecule is O=C(Nc1c(-c2ccc(F)cc2)nc2sccn12)c1c(F)cccc1F. The van der Waals surface area contributed by atoms with Gasteiger partial charge in [0.2, 0.25) is 0 Å². The molecule has 0 atom stereocenters. The Morgan fingerprint density at radius 1 is 1.04 bits per heavy atom. The van der Waals surface area contributed by atoms with Crippen molar-refractivity contribution in [3.63, 3.8) is 0 Å². The fraction of sp³-hybridized carbons (Fsp3) is 0. The first-order valence-corrected chi connectivity index (χ1v) is 8.39. The molecule has 0 fully saturated rings. The highest BCUT2D eigenvalue weighted by Crippen LogP contribution is 2.31. The number of carbonyl (C=O) groups is 1. The van der Waals surface area contributed by atoms with Crippen molar-refractivity contribution in [3.05, 3.63) is 77.1 Å². The average Bonchev–Trinajstić information content (AvgIpc) is 3.18. The Kier molecular flexibility index (Phi) is 3.96. The Morgan fingerprint density at radius 2 is 1.73 bits per heavy atom. The maximum atomic E-state index is 13.9. The first-order chi connectivity index (χ1) is 12.5. The van der Waals surface area contributed by atoms with E-state index in [9.17, 15) is 18.0 Å². The Bertz CT molecular complexity index is 1100. The van der Waals surface area contributed by atoms with Gasteiger partial charge in [0.1, 0.15) is 34.5 Å². The number of hydrogen-bond donors (Lipinski definition) is 1. The number of halogens is 3. The molecule has 1 amide bonds. The number of fused-ring (bicyclic) bond motifs is 1. The molecule has 0 aliphatic heterocycles. The summed E-state index contributed by atoms with van der Waals surface area (Å²) in [6, 6.07) is 8.77. The number of hydrogen-bond acceptors (Lipinski definition) is 3. The van der Waals surface area contributed by atoms with Gasteiger partial charge in [0.15, 0.2) is 4.96 Å². The molecule has 4 nitrogen and oxygen atoms in total. The molecule has 0 unspecified atom stereocenters. The van der Waals surface area contributed by atoms with Crippen molar-refractivity contribution in [2.24, 2.45) is 0 Å². The smallest absolute Gasteiger partial charge is 0.262 e. The summed E-state index contributed by atoms with van der Waals surface area (Å²) >= 11 is 1.33. The third-order valence-electron chi connectivity index (χ3n) is 3.80. The number of nitrogens with one attached hydrogen (secondary N) is 1. The van der Waals surface area contributed by atoms with Crippen LogP contribution >= 0.6 is 11.3 Å². The number of benzene rings is 2. The van der Waals surface area contributed by atoms with Crippen LogP contribution < -0.4 is 5.32 Å². The zero-order chi connectivity index (χ0) is 18.3. The highest BCUT2D eigenvalue weighted by atomic mass is 32.1. The Morgan fingerprint density at radius 3 is 2.42 bits per heavy atom. The van der Waals surface area contributed by atoms with Crippen LogP contribution in [0.5, 0.6) is 0 Å². The molecule has 0 bridgehead atoms. The molecule has 26 heavy (non-hydrogen) atoms. The Labute approximate surface area is 149 Å². The molecule has 4 rings (SSSR count). The van der Waals surface area contributed by atoms with E-state index in [0.29, 0.717) is 16.2 Å². The number of nitrogens with zero attached hydrogens (tertiary/aromatic N) is 2. The van der Waals surface area contributed by atoms with Crippen molar-refractivity contribution < 1.29 is 18.0 Å². The fourth-order valence-electron chi connectivity index (χ4n) is 2.60. The van der Waals surface area contributed by atoms with Gasteiger partial charge in [0, 0.05) is 17.1 Å². The predicted molar refractivity (Wildman–Crippen MR) is 92.8 cm³/mol. The molecular weight excluding hydrogens is 363 g/mol. The van der Waals surface area contributed by atoms with E-state index in [-0.39, 0.29) is 5.82 Å². The van der Waals surface area contributed by atoms with Crippen LogP contribution in [0, 0.1) is 17.5 Å². The monoisotopic (exact) mass is 373 g/mol. The lowest BCUT2D eigenvalue weighted by atomic mass is 10.1. The minimum Gasteiger partial charge on any atom is -0.306 e. The quantitative estimate of drug-likeness (QED) is 0.564. The lowest BCUT2D eigenvalue weighted by Crippen LogP contribution is -2.17. The second-order valence-electron chi connectivity index (χ2n) is 5.42. The summed E-state index contributed by atoms with van der Waals surface area (Å²) in [7, 11) is 0. The number of aromatic nitrogens is 2. The van der Waals surface area contributed by atoms with Gasteiger partial charge in [-0.25, -0.2) is 18.2 Å². The van der Waals surface area contributed by atoms with E-state index < -0.39 is 28.9 Å².